The summed E-state index contributed by atoms with van der Waals surface area (Å²) in [5.74, 6) is -0.0443. The van der Waals surface area contributed by atoms with Gasteiger partial charge >= 0.3 is 0 Å². The molecule has 0 radical (unpaired) electrons. The molecular weight excluding hydrogens is 448 g/mol. The highest BCUT2D eigenvalue weighted by Crippen LogP contribution is 2.26. The molecule has 1 aromatic heterocycles. The van der Waals surface area contributed by atoms with Gasteiger partial charge in [-0.2, -0.15) is 4.31 Å². The molecule has 8 nitrogen and oxygen atoms in total. The van der Waals surface area contributed by atoms with E-state index in [4.69, 9.17) is 4.74 Å². The van der Waals surface area contributed by atoms with Crippen LogP contribution < -0.4 is 5.32 Å². The Labute approximate surface area is 192 Å². The Morgan fingerprint density at radius 2 is 1.94 bits per heavy atom. The third-order valence-corrected chi connectivity index (χ3v) is 8.23. The maximum Gasteiger partial charge on any atom is 0.243 e. The van der Waals surface area contributed by atoms with E-state index in [0.29, 0.717) is 32.0 Å². The number of amides is 1. The second-order valence-corrected chi connectivity index (χ2v) is 10.3. The fourth-order valence-electron chi connectivity index (χ4n) is 3.62. The van der Waals surface area contributed by atoms with Gasteiger partial charge < -0.3 is 14.6 Å². The van der Waals surface area contributed by atoms with E-state index in [2.05, 4.69) is 14.9 Å². The number of hydrogen-bond donors (Lipinski definition) is 1. The van der Waals surface area contributed by atoms with Crippen LogP contribution in [0.2, 0.25) is 0 Å². The van der Waals surface area contributed by atoms with Crippen molar-refractivity contribution in [2.24, 2.45) is 0 Å². The van der Waals surface area contributed by atoms with E-state index >= 15 is 0 Å². The highest BCUT2D eigenvalue weighted by Gasteiger charge is 2.27. The maximum absolute atomic E-state index is 12.9. The van der Waals surface area contributed by atoms with Crippen molar-refractivity contribution in [3.05, 3.63) is 48.0 Å². The lowest BCUT2D eigenvalue weighted by Crippen LogP contribution is -2.40. The van der Waals surface area contributed by atoms with Gasteiger partial charge in [0, 0.05) is 25.3 Å². The number of thioether (sulfide) groups is 1. The van der Waals surface area contributed by atoms with E-state index in [0.717, 1.165) is 28.3 Å². The molecule has 1 amide bonds. The summed E-state index contributed by atoms with van der Waals surface area (Å²) in [5, 5.41) is 3.64. The first-order valence-corrected chi connectivity index (χ1v) is 12.9. The monoisotopic (exact) mass is 474 g/mol. The molecule has 0 spiro atoms. The van der Waals surface area contributed by atoms with Crippen molar-refractivity contribution >= 4 is 44.4 Å². The molecule has 170 valence electrons. The zero-order valence-electron chi connectivity index (χ0n) is 18.1. The predicted octanol–water partition coefficient (Wildman–Crippen LogP) is 3.12. The number of benzene rings is 2. The quantitative estimate of drug-likeness (QED) is 0.529. The van der Waals surface area contributed by atoms with Gasteiger partial charge in [0.2, 0.25) is 15.9 Å². The first-order chi connectivity index (χ1) is 15.4. The summed E-state index contributed by atoms with van der Waals surface area (Å²) in [7, 11) is -3.63. The number of nitrogens with zero attached hydrogens (tertiary/aromatic N) is 3. The van der Waals surface area contributed by atoms with Crippen LogP contribution in [-0.2, 0) is 26.1 Å². The largest absolute Gasteiger partial charge is 0.379 e. The zero-order chi connectivity index (χ0) is 22.7. The summed E-state index contributed by atoms with van der Waals surface area (Å²) >= 11 is 1.36. The Morgan fingerprint density at radius 1 is 1.19 bits per heavy atom. The van der Waals surface area contributed by atoms with Crippen LogP contribution >= 0.6 is 11.8 Å². The van der Waals surface area contributed by atoms with Crippen LogP contribution in [-0.4, -0.2) is 60.2 Å². The number of sulfonamides is 1. The lowest BCUT2D eigenvalue weighted by molar-refractivity contribution is -0.113. The van der Waals surface area contributed by atoms with Crippen LogP contribution in [0.25, 0.3) is 11.0 Å². The molecule has 4 rings (SSSR count). The van der Waals surface area contributed by atoms with Gasteiger partial charge in [-0.15, -0.1) is 0 Å². The van der Waals surface area contributed by atoms with Crippen LogP contribution in [0.15, 0.2) is 52.5 Å². The molecule has 1 saturated heterocycles. The number of aromatic nitrogens is 2. The molecule has 1 aliphatic heterocycles. The number of anilines is 1. The standard InChI is InChI=1S/C22H26N4O4S2/c1-3-26-20-7-5-4-6-18(20)24-22(26)31-15-21(27)23-19-14-17(9-8-16(19)2)32(28,29)25-10-12-30-13-11-25/h4-9,14H,3,10-13,15H2,1-2H3,(H,23,27). The minimum Gasteiger partial charge on any atom is -0.379 e. The Balaban J connectivity index is 1.47. The lowest BCUT2D eigenvalue weighted by atomic mass is 10.2. The molecule has 2 heterocycles. The van der Waals surface area contributed by atoms with E-state index in [1.54, 1.807) is 12.1 Å². The van der Waals surface area contributed by atoms with Gasteiger partial charge in [0.05, 0.1) is 34.9 Å². The number of carbonyl (C=O) groups excluding carboxylic acids is 1. The van der Waals surface area contributed by atoms with Gasteiger partial charge in [0.25, 0.3) is 0 Å². The van der Waals surface area contributed by atoms with Crippen LogP contribution in [0, 0.1) is 6.92 Å². The second kappa shape index (κ2) is 9.62. The van der Waals surface area contributed by atoms with Crippen molar-refractivity contribution < 1.29 is 17.9 Å². The highest BCUT2D eigenvalue weighted by atomic mass is 32.2. The Bertz CT molecular complexity index is 1230. The van der Waals surface area contributed by atoms with Crippen molar-refractivity contribution in [3.8, 4) is 0 Å². The molecular formula is C22H26N4O4S2. The van der Waals surface area contributed by atoms with E-state index in [1.807, 2.05) is 38.1 Å². The summed E-state index contributed by atoms with van der Waals surface area (Å²) < 4.78 is 34.6. The summed E-state index contributed by atoms with van der Waals surface area (Å²) in [6, 6.07) is 12.7. The number of carbonyl (C=O) groups is 1. The second-order valence-electron chi connectivity index (χ2n) is 7.46. The topological polar surface area (TPSA) is 93.5 Å². The van der Waals surface area contributed by atoms with Crippen molar-refractivity contribution in [2.75, 3.05) is 37.4 Å². The van der Waals surface area contributed by atoms with Crippen molar-refractivity contribution in [1.82, 2.24) is 13.9 Å². The van der Waals surface area contributed by atoms with E-state index in [-0.39, 0.29) is 16.6 Å². The van der Waals surface area contributed by atoms with Gasteiger partial charge in [0.15, 0.2) is 5.16 Å². The van der Waals surface area contributed by atoms with Crippen molar-refractivity contribution in [2.45, 2.75) is 30.4 Å². The summed E-state index contributed by atoms with van der Waals surface area (Å²) in [6.45, 7) is 6.06. The van der Waals surface area contributed by atoms with E-state index in [1.165, 1.54) is 22.1 Å². The van der Waals surface area contributed by atoms with E-state index in [9.17, 15) is 13.2 Å². The van der Waals surface area contributed by atoms with Gasteiger partial charge in [-0.25, -0.2) is 13.4 Å². The van der Waals surface area contributed by atoms with Crippen LogP contribution in [0.4, 0.5) is 5.69 Å². The molecule has 0 saturated carbocycles. The highest BCUT2D eigenvalue weighted by molar-refractivity contribution is 7.99. The van der Waals surface area contributed by atoms with Gasteiger partial charge in [-0.05, 0) is 43.7 Å². The molecule has 1 fully saturated rings. The minimum absolute atomic E-state index is 0.167. The normalized spacial score (nSPS) is 15.2. The molecule has 32 heavy (non-hydrogen) atoms. The van der Waals surface area contributed by atoms with Crippen LogP contribution in [0.5, 0.6) is 0 Å². The lowest BCUT2D eigenvalue weighted by Gasteiger charge is -2.26. The molecule has 0 unspecified atom stereocenters. The number of nitrogens with one attached hydrogen (secondary N) is 1. The SMILES string of the molecule is CCn1c(SCC(=O)Nc2cc(S(=O)(=O)N3CCOCC3)ccc2C)nc2ccccc21. The van der Waals surface area contributed by atoms with Gasteiger partial charge in [-0.1, -0.05) is 30.0 Å². The molecule has 2 aromatic carbocycles. The molecule has 3 aromatic rings. The first kappa shape index (κ1) is 22.8. The average Bonchev–Trinajstić information content (AvgIpc) is 3.17. The smallest absolute Gasteiger partial charge is 0.243 e. The fourth-order valence-corrected chi connectivity index (χ4v) is 5.93. The summed E-state index contributed by atoms with van der Waals surface area (Å²) in [4.78, 5) is 17.5. The number of para-hydroxylation sites is 2. The predicted molar refractivity (Wildman–Crippen MR) is 126 cm³/mol. The van der Waals surface area contributed by atoms with Gasteiger partial charge in [-0.3, -0.25) is 4.79 Å². The third-order valence-electron chi connectivity index (χ3n) is 5.36. The maximum atomic E-state index is 12.9. The molecule has 10 heteroatoms. The molecule has 1 N–H and O–H groups in total. The van der Waals surface area contributed by atoms with Crippen LogP contribution in [0.1, 0.15) is 12.5 Å². The molecule has 0 atom stereocenters. The summed E-state index contributed by atoms with van der Waals surface area (Å²) in [5.41, 5.74) is 3.22. The molecule has 1 aliphatic rings. The number of hydrogen-bond acceptors (Lipinski definition) is 6. The van der Waals surface area contributed by atoms with Crippen molar-refractivity contribution in [1.29, 1.82) is 0 Å². The number of rotatable bonds is 7. The number of imidazole rings is 1. The fraction of sp³-hybridized carbons (Fsp3) is 0.364. The minimum atomic E-state index is -3.63. The average molecular weight is 475 g/mol. The Hall–Kier alpha value is -2.40. The summed E-state index contributed by atoms with van der Waals surface area (Å²) in [6.07, 6.45) is 0. The number of morpholine rings is 1. The first-order valence-electron chi connectivity index (χ1n) is 10.5. The third kappa shape index (κ3) is 4.68. The molecule has 0 bridgehead atoms. The Kier molecular flexibility index (Phi) is 6.85. The van der Waals surface area contributed by atoms with Crippen LogP contribution in [0.3, 0.4) is 0 Å². The van der Waals surface area contributed by atoms with Gasteiger partial charge in [0.1, 0.15) is 0 Å². The number of aryl methyl sites for hydroxylation is 2. The number of fused-ring (bicyclic) bond motifs is 1. The van der Waals surface area contributed by atoms with E-state index < -0.39 is 10.0 Å². The zero-order valence-corrected chi connectivity index (χ0v) is 19.7. The van der Waals surface area contributed by atoms with Crippen molar-refractivity contribution in [3.63, 3.8) is 0 Å². The molecule has 0 aliphatic carbocycles. The Morgan fingerprint density at radius 3 is 2.69 bits per heavy atom. The number of ether oxygens (including phenoxy) is 1.